The summed E-state index contributed by atoms with van der Waals surface area (Å²) < 4.78 is 4.34. The van der Waals surface area contributed by atoms with Crippen LogP contribution in [-0.2, 0) is 9.53 Å². The predicted octanol–water partition coefficient (Wildman–Crippen LogP) is -0.440. The van der Waals surface area contributed by atoms with E-state index in [9.17, 15) is 9.59 Å². The van der Waals surface area contributed by atoms with Crippen molar-refractivity contribution < 1.29 is 14.3 Å². The van der Waals surface area contributed by atoms with E-state index in [4.69, 9.17) is 5.73 Å². The molecule has 64 valence electrons. The summed E-state index contributed by atoms with van der Waals surface area (Å²) in [6, 6.07) is -0.613. The van der Waals surface area contributed by atoms with E-state index < -0.39 is 12.0 Å². The van der Waals surface area contributed by atoms with Crippen molar-refractivity contribution in [1.82, 2.24) is 4.90 Å². The Morgan fingerprint density at radius 1 is 1.55 bits per heavy atom. The topological polar surface area (TPSA) is 72.6 Å². The summed E-state index contributed by atoms with van der Waals surface area (Å²) in [5, 5.41) is 0. The fourth-order valence-corrected chi connectivity index (χ4v) is 0.566. The normalized spacial score (nSPS) is 8.91. The number of urea groups is 1. The van der Waals surface area contributed by atoms with Crippen molar-refractivity contribution in [3.63, 3.8) is 0 Å². The molecule has 0 aliphatic rings. The number of likely N-dealkylation sites (N-methyl/N-ethyl adjacent to an activating group) is 1. The van der Waals surface area contributed by atoms with Gasteiger partial charge in [-0.1, -0.05) is 0 Å². The molecule has 5 heteroatoms. The van der Waals surface area contributed by atoms with Crippen LogP contribution in [0, 0.1) is 0 Å². The molecule has 0 spiro atoms. The number of hydrogen-bond acceptors (Lipinski definition) is 3. The second-order valence-corrected chi connectivity index (χ2v) is 1.93. The molecule has 0 aliphatic carbocycles. The standard InChI is InChI=1S/C6H12N2O3/c1-3-8(6(7)10)4-5(9)11-2/h3-4H2,1-2H3,(H2,7,10). The number of esters is 1. The Morgan fingerprint density at radius 2 is 2.09 bits per heavy atom. The van der Waals surface area contributed by atoms with Crippen LogP contribution in [0.4, 0.5) is 4.79 Å². The van der Waals surface area contributed by atoms with Crippen LogP contribution in [0.1, 0.15) is 6.92 Å². The zero-order chi connectivity index (χ0) is 8.85. The Labute approximate surface area is 65.1 Å². The van der Waals surface area contributed by atoms with Gasteiger partial charge in [0.2, 0.25) is 0 Å². The maximum absolute atomic E-state index is 10.6. The number of ether oxygens (including phenoxy) is 1. The SMILES string of the molecule is CCN(CC(=O)OC)C(N)=O. The molecule has 0 aromatic carbocycles. The smallest absolute Gasteiger partial charge is 0.325 e. The van der Waals surface area contributed by atoms with Gasteiger partial charge >= 0.3 is 12.0 Å². The van der Waals surface area contributed by atoms with Crippen molar-refractivity contribution >= 4 is 12.0 Å². The zero-order valence-corrected chi connectivity index (χ0v) is 6.66. The fraction of sp³-hybridized carbons (Fsp3) is 0.667. The average molecular weight is 160 g/mol. The number of hydrogen-bond donors (Lipinski definition) is 1. The Balaban J connectivity index is 3.88. The Kier molecular flexibility index (Phi) is 4.02. The van der Waals surface area contributed by atoms with Crippen molar-refractivity contribution in [1.29, 1.82) is 0 Å². The van der Waals surface area contributed by atoms with Gasteiger partial charge in [-0.2, -0.15) is 0 Å². The second kappa shape index (κ2) is 4.54. The molecule has 0 unspecified atom stereocenters. The first kappa shape index (κ1) is 9.74. The van der Waals surface area contributed by atoms with Crippen molar-refractivity contribution in [3.8, 4) is 0 Å². The van der Waals surface area contributed by atoms with Crippen LogP contribution in [0.2, 0.25) is 0 Å². The fourth-order valence-electron chi connectivity index (χ4n) is 0.566. The van der Waals surface area contributed by atoms with Gasteiger partial charge in [-0.3, -0.25) is 4.79 Å². The molecule has 5 nitrogen and oxygen atoms in total. The highest BCUT2D eigenvalue weighted by Crippen LogP contribution is 1.87. The van der Waals surface area contributed by atoms with Crippen LogP contribution in [-0.4, -0.2) is 37.1 Å². The summed E-state index contributed by atoms with van der Waals surface area (Å²) >= 11 is 0. The molecule has 0 saturated heterocycles. The van der Waals surface area contributed by atoms with Crippen LogP contribution in [0.5, 0.6) is 0 Å². The van der Waals surface area contributed by atoms with Crippen LogP contribution < -0.4 is 5.73 Å². The van der Waals surface area contributed by atoms with E-state index in [0.29, 0.717) is 6.54 Å². The molecule has 0 rings (SSSR count). The molecule has 0 saturated carbocycles. The number of nitrogens with zero attached hydrogens (tertiary/aromatic N) is 1. The average Bonchev–Trinajstić information content (AvgIpc) is 1.99. The number of nitrogens with two attached hydrogens (primary N) is 1. The molecule has 11 heavy (non-hydrogen) atoms. The molecule has 0 aromatic heterocycles. The summed E-state index contributed by atoms with van der Waals surface area (Å²) in [7, 11) is 1.26. The first-order valence-corrected chi connectivity index (χ1v) is 3.23. The van der Waals surface area contributed by atoms with Gasteiger partial charge in [0, 0.05) is 6.54 Å². The summed E-state index contributed by atoms with van der Waals surface area (Å²) in [6.45, 7) is 2.06. The van der Waals surface area contributed by atoms with Gasteiger partial charge in [-0.15, -0.1) is 0 Å². The van der Waals surface area contributed by atoms with Gasteiger partial charge < -0.3 is 15.4 Å². The molecule has 0 aromatic rings. The van der Waals surface area contributed by atoms with Crippen LogP contribution in [0.15, 0.2) is 0 Å². The van der Waals surface area contributed by atoms with E-state index in [0.717, 1.165) is 0 Å². The first-order chi connectivity index (χ1) is 5.11. The van der Waals surface area contributed by atoms with Gasteiger partial charge in [-0.25, -0.2) is 4.79 Å². The molecule has 0 bridgehead atoms. The minimum absolute atomic E-state index is 0.0810. The number of primary amides is 1. The molecule has 0 fully saturated rings. The summed E-state index contributed by atoms with van der Waals surface area (Å²) in [4.78, 5) is 22.3. The van der Waals surface area contributed by atoms with Crippen LogP contribution >= 0.6 is 0 Å². The quantitative estimate of drug-likeness (QED) is 0.569. The highest BCUT2D eigenvalue weighted by atomic mass is 16.5. The number of carbonyl (C=O) groups is 2. The molecular weight excluding hydrogens is 148 g/mol. The lowest BCUT2D eigenvalue weighted by atomic mass is 10.5. The number of carbonyl (C=O) groups excluding carboxylic acids is 2. The number of methoxy groups -OCH3 is 1. The second-order valence-electron chi connectivity index (χ2n) is 1.93. The number of amides is 2. The highest BCUT2D eigenvalue weighted by molar-refractivity contribution is 5.79. The van der Waals surface area contributed by atoms with E-state index in [-0.39, 0.29) is 6.54 Å². The molecule has 2 amide bonds. The van der Waals surface area contributed by atoms with Crippen molar-refractivity contribution in [3.05, 3.63) is 0 Å². The van der Waals surface area contributed by atoms with Crippen LogP contribution in [0.3, 0.4) is 0 Å². The van der Waals surface area contributed by atoms with E-state index in [1.165, 1.54) is 12.0 Å². The minimum Gasteiger partial charge on any atom is -0.468 e. The van der Waals surface area contributed by atoms with E-state index >= 15 is 0 Å². The number of rotatable bonds is 3. The van der Waals surface area contributed by atoms with Crippen molar-refractivity contribution in [2.75, 3.05) is 20.2 Å². The third-order valence-electron chi connectivity index (χ3n) is 1.24. The molecule has 2 N–H and O–H groups in total. The molecule has 0 radical (unpaired) electrons. The minimum atomic E-state index is -0.613. The van der Waals surface area contributed by atoms with Gasteiger partial charge in [0.05, 0.1) is 7.11 Å². The highest BCUT2D eigenvalue weighted by Gasteiger charge is 2.11. The molecule has 0 atom stereocenters. The maximum Gasteiger partial charge on any atom is 0.325 e. The molecule has 0 aliphatic heterocycles. The largest absolute Gasteiger partial charge is 0.468 e. The molecular formula is C6H12N2O3. The summed E-state index contributed by atoms with van der Waals surface area (Å²) in [5.41, 5.74) is 4.93. The van der Waals surface area contributed by atoms with E-state index in [1.54, 1.807) is 6.92 Å². The third kappa shape index (κ3) is 3.44. The Morgan fingerprint density at radius 3 is 2.36 bits per heavy atom. The van der Waals surface area contributed by atoms with Gasteiger partial charge in [0.25, 0.3) is 0 Å². The lowest BCUT2D eigenvalue weighted by Crippen LogP contribution is -2.39. The predicted molar refractivity (Wildman–Crippen MR) is 38.8 cm³/mol. The lowest BCUT2D eigenvalue weighted by Gasteiger charge is -2.15. The van der Waals surface area contributed by atoms with Gasteiger partial charge in [0.15, 0.2) is 0 Å². The van der Waals surface area contributed by atoms with Gasteiger partial charge in [-0.05, 0) is 6.92 Å². The van der Waals surface area contributed by atoms with Crippen molar-refractivity contribution in [2.45, 2.75) is 6.92 Å². The third-order valence-corrected chi connectivity index (χ3v) is 1.24. The zero-order valence-electron chi connectivity index (χ0n) is 6.66. The Hall–Kier alpha value is -1.26. The lowest BCUT2D eigenvalue weighted by molar-refractivity contribution is -0.141. The van der Waals surface area contributed by atoms with Gasteiger partial charge in [0.1, 0.15) is 6.54 Å². The maximum atomic E-state index is 10.6. The van der Waals surface area contributed by atoms with Crippen molar-refractivity contribution in [2.24, 2.45) is 5.73 Å². The summed E-state index contributed by atoms with van der Waals surface area (Å²) in [5.74, 6) is -0.467. The molecule has 0 heterocycles. The first-order valence-electron chi connectivity index (χ1n) is 3.23. The van der Waals surface area contributed by atoms with E-state index in [1.807, 2.05) is 0 Å². The summed E-state index contributed by atoms with van der Waals surface area (Å²) in [6.07, 6.45) is 0. The van der Waals surface area contributed by atoms with E-state index in [2.05, 4.69) is 4.74 Å². The Bertz CT molecular complexity index is 158. The van der Waals surface area contributed by atoms with Crippen LogP contribution in [0.25, 0.3) is 0 Å². The monoisotopic (exact) mass is 160 g/mol.